The largest absolute Gasteiger partial charge is 0.394 e. The maximum Gasteiger partial charge on any atom is 0.187 e. The molecule has 9 rings (SSSR count). The van der Waals surface area contributed by atoms with Crippen LogP contribution in [0.1, 0.15) is 92.4 Å². The molecule has 5 heterocycles. The van der Waals surface area contributed by atoms with Crippen LogP contribution in [0.5, 0.6) is 0 Å². The van der Waals surface area contributed by atoms with E-state index in [1.807, 2.05) is 6.92 Å². The molecule has 24 heteroatoms. The SMILES string of the molecule is COC1(CC[C@@H](C)COC2OC(CO)C(O)C(O)C2O)OC2C[C@H]3[C@@H]4CC[C@H]5C[C@@H](OC6OC(CO)C(OC7OC(CO)C(O)C(O)C7O)C(O)C6OC6OC(C)C(O)C(O)C6O)[C@H](O)C[C@]5(C)[C@H]4CC[C@]3(C)C2[C@@H]1C. The van der Waals surface area contributed by atoms with Crippen LogP contribution in [-0.2, 0) is 47.4 Å². The standard InChI is InChI=1S/C52H88O24/c1-20(19-68-46-40(63)38(61)35(58)30(16-53)71-46)9-12-52(67-6)21(2)33-29(76-52)14-26-24-8-7-23-13-28(27(56)15-51(23,5)25(24)10-11-50(26,33)4)70-49-45(75-47-41(64)37(60)34(57)22(3)69-47)43(66)44(32(18-55)73-49)74-48-42(65)39(62)36(59)31(17-54)72-48/h20-49,53-66H,7-19H2,1-6H3/t20-,21+,22?,23+,24-,25+,26+,27-,28-,29?,30?,31?,32?,33?,34?,35?,36?,37?,38?,39?,40?,41?,42?,43?,44?,45?,46?,47?,48?,49?,50+,51+,52?/m1/s1. The van der Waals surface area contributed by atoms with Crippen LogP contribution in [0.2, 0.25) is 0 Å². The lowest BCUT2D eigenvalue weighted by Crippen LogP contribution is -2.67. The Bertz CT molecular complexity index is 1910. The molecule has 0 amide bonds. The molecule has 0 aromatic rings. The van der Waals surface area contributed by atoms with Gasteiger partial charge in [-0.05, 0) is 105 Å². The second-order valence-corrected chi connectivity index (χ2v) is 24.6. The highest BCUT2D eigenvalue weighted by molar-refractivity contribution is 5.16. The summed E-state index contributed by atoms with van der Waals surface area (Å²) in [6.07, 6.45) is -26.2. The van der Waals surface area contributed by atoms with Crippen LogP contribution in [-0.4, -0.2) is 252 Å². The normalized spacial score (nSPS) is 55.8. The predicted octanol–water partition coefficient (Wildman–Crippen LogP) is -3.30. The van der Waals surface area contributed by atoms with Crippen molar-refractivity contribution in [3.63, 3.8) is 0 Å². The summed E-state index contributed by atoms with van der Waals surface area (Å²) >= 11 is 0. The summed E-state index contributed by atoms with van der Waals surface area (Å²) in [5, 5.41) is 149. The van der Waals surface area contributed by atoms with Crippen molar-refractivity contribution in [2.45, 2.75) is 239 Å². The molecule has 24 nitrogen and oxygen atoms in total. The van der Waals surface area contributed by atoms with Gasteiger partial charge in [0.1, 0.15) is 91.6 Å². The molecule has 33 atom stereocenters. The summed E-state index contributed by atoms with van der Waals surface area (Å²) < 4.78 is 61.0. The monoisotopic (exact) mass is 1100 g/mol. The predicted molar refractivity (Wildman–Crippen MR) is 256 cm³/mol. The summed E-state index contributed by atoms with van der Waals surface area (Å²) in [6.45, 7) is 8.50. The Balaban J connectivity index is 0.855. The first-order valence-electron chi connectivity index (χ1n) is 27.7. The number of aliphatic hydroxyl groups excluding tert-OH is 14. The molecule has 0 bridgehead atoms. The molecule has 0 aromatic carbocycles. The molecule has 76 heavy (non-hydrogen) atoms. The number of aliphatic hydroxyl groups is 14. The lowest BCUT2D eigenvalue weighted by Gasteiger charge is -2.62. The van der Waals surface area contributed by atoms with E-state index in [9.17, 15) is 71.5 Å². The van der Waals surface area contributed by atoms with Gasteiger partial charge in [0.2, 0.25) is 0 Å². The van der Waals surface area contributed by atoms with Crippen molar-refractivity contribution in [1.29, 1.82) is 0 Å². The Morgan fingerprint density at radius 2 is 1.16 bits per heavy atom. The Morgan fingerprint density at radius 1 is 0.579 bits per heavy atom. The molecular weight excluding hydrogens is 1010 g/mol. The lowest BCUT2D eigenvalue weighted by atomic mass is 9.44. The fourth-order valence-electron chi connectivity index (χ4n) is 16.0. The van der Waals surface area contributed by atoms with Gasteiger partial charge in [-0.1, -0.05) is 27.7 Å². The molecule has 4 saturated carbocycles. The highest BCUT2D eigenvalue weighted by Gasteiger charge is 2.69. The first kappa shape index (κ1) is 59.7. The second-order valence-electron chi connectivity index (χ2n) is 24.6. The quantitative estimate of drug-likeness (QED) is 0.0673. The number of ether oxygens (including phenoxy) is 10. The van der Waals surface area contributed by atoms with Gasteiger partial charge in [-0.15, -0.1) is 0 Å². The van der Waals surface area contributed by atoms with Gasteiger partial charge < -0.3 is 119 Å². The zero-order valence-electron chi connectivity index (χ0n) is 44.4. The number of rotatable bonds is 16. The van der Waals surface area contributed by atoms with E-state index >= 15 is 0 Å². The summed E-state index contributed by atoms with van der Waals surface area (Å²) in [7, 11) is 1.70. The van der Waals surface area contributed by atoms with E-state index < -0.39 is 161 Å². The Labute approximate surface area is 443 Å². The minimum absolute atomic E-state index is 0.0183. The fraction of sp³-hybridized carbons (Fsp3) is 1.00. The Kier molecular flexibility index (Phi) is 18.3. The van der Waals surface area contributed by atoms with E-state index in [2.05, 4.69) is 20.8 Å². The van der Waals surface area contributed by atoms with Gasteiger partial charge in [-0.25, -0.2) is 0 Å². The molecule has 0 aromatic heterocycles. The number of hydrogen-bond donors (Lipinski definition) is 14. The summed E-state index contributed by atoms with van der Waals surface area (Å²) in [4.78, 5) is 0. The minimum atomic E-state index is -1.88. The molecule has 5 saturated heterocycles. The highest BCUT2D eigenvalue weighted by Crippen LogP contribution is 2.71. The molecule has 4 aliphatic carbocycles. The van der Waals surface area contributed by atoms with Gasteiger partial charge >= 0.3 is 0 Å². The maximum absolute atomic E-state index is 12.2. The van der Waals surface area contributed by atoms with Crippen molar-refractivity contribution in [2.75, 3.05) is 33.5 Å². The van der Waals surface area contributed by atoms with Crippen molar-refractivity contribution >= 4 is 0 Å². The highest BCUT2D eigenvalue weighted by atomic mass is 16.8. The molecule has 9 fully saturated rings. The van der Waals surface area contributed by atoms with Gasteiger partial charge in [-0.2, -0.15) is 0 Å². The van der Waals surface area contributed by atoms with Crippen molar-refractivity contribution in [1.82, 2.24) is 0 Å². The Hall–Kier alpha value is -0.960. The van der Waals surface area contributed by atoms with Crippen LogP contribution in [0, 0.1) is 52.3 Å². The molecule has 5 aliphatic heterocycles. The number of methoxy groups -OCH3 is 1. The molecule has 9 aliphatic rings. The third-order valence-corrected chi connectivity index (χ3v) is 20.4. The zero-order chi connectivity index (χ0) is 55.1. The first-order chi connectivity index (χ1) is 36.0. The fourth-order valence-corrected chi connectivity index (χ4v) is 16.0. The van der Waals surface area contributed by atoms with E-state index in [1.54, 1.807) is 7.11 Å². The molecule has 0 spiro atoms. The summed E-state index contributed by atoms with van der Waals surface area (Å²) in [5.74, 6) is 0.611. The second kappa shape index (κ2) is 23.4. The average molecular weight is 1100 g/mol. The minimum Gasteiger partial charge on any atom is -0.394 e. The molecule has 440 valence electrons. The first-order valence-corrected chi connectivity index (χ1v) is 27.7. The van der Waals surface area contributed by atoms with E-state index in [4.69, 9.17) is 47.4 Å². The zero-order valence-corrected chi connectivity index (χ0v) is 44.4. The average Bonchev–Trinajstić information content (AvgIpc) is 4.02. The maximum atomic E-state index is 12.2. The Morgan fingerprint density at radius 3 is 1.79 bits per heavy atom. The third-order valence-electron chi connectivity index (χ3n) is 20.4. The molecule has 14 N–H and O–H groups in total. The molecular formula is C52H88O24. The summed E-state index contributed by atoms with van der Waals surface area (Å²) in [6, 6.07) is 0. The van der Waals surface area contributed by atoms with Crippen LogP contribution >= 0.6 is 0 Å². The van der Waals surface area contributed by atoms with E-state index in [0.29, 0.717) is 43.4 Å². The molecule has 23 unspecified atom stereocenters. The van der Waals surface area contributed by atoms with E-state index in [-0.39, 0.29) is 47.2 Å². The van der Waals surface area contributed by atoms with Crippen LogP contribution in [0.15, 0.2) is 0 Å². The van der Waals surface area contributed by atoms with Crippen LogP contribution < -0.4 is 0 Å². The van der Waals surface area contributed by atoms with Gasteiger partial charge in [0.25, 0.3) is 0 Å². The summed E-state index contributed by atoms with van der Waals surface area (Å²) in [5.41, 5.74) is -0.305. The smallest absolute Gasteiger partial charge is 0.187 e. The van der Waals surface area contributed by atoms with Crippen LogP contribution in [0.25, 0.3) is 0 Å². The topological polar surface area (TPSA) is 376 Å². The van der Waals surface area contributed by atoms with Crippen molar-refractivity contribution in [3.05, 3.63) is 0 Å². The number of fused-ring (bicyclic) bond motifs is 7. The number of hydrogen-bond acceptors (Lipinski definition) is 24. The van der Waals surface area contributed by atoms with Gasteiger partial charge in [0.15, 0.2) is 30.9 Å². The van der Waals surface area contributed by atoms with Crippen LogP contribution in [0.3, 0.4) is 0 Å². The van der Waals surface area contributed by atoms with Crippen molar-refractivity contribution in [3.8, 4) is 0 Å². The van der Waals surface area contributed by atoms with Gasteiger partial charge in [-0.3, -0.25) is 0 Å². The van der Waals surface area contributed by atoms with Gasteiger partial charge in [0.05, 0.1) is 50.8 Å². The third kappa shape index (κ3) is 10.5. The van der Waals surface area contributed by atoms with Crippen LogP contribution in [0.4, 0.5) is 0 Å². The van der Waals surface area contributed by atoms with E-state index in [1.165, 1.54) is 6.92 Å². The lowest BCUT2D eigenvalue weighted by molar-refractivity contribution is -0.392. The van der Waals surface area contributed by atoms with Gasteiger partial charge in [0, 0.05) is 19.4 Å². The van der Waals surface area contributed by atoms with Crippen molar-refractivity contribution < 1.29 is 119 Å². The molecule has 0 radical (unpaired) electrons. The van der Waals surface area contributed by atoms with Crippen molar-refractivity contribution in [2.24, 2.45) is 52.3 Å². The van der Waals surface area contributed by atoms with E-state index in [0.717, 1.165) is 32.1 Å².